The lowest BCUT2D eigenvalue weighted by molar-refractivity contribution is -0.118. The van der Waals surface area contributed by atoms with Gasteiger partial charge < -0.3 is 9.64 Å². The van der Waals surface area contributed by atoms with E-state index in [-0.39, 0.29) is 5.91 Å². The molecule has 0 aromatic heterocycles. The number of ether oxygens (including phenoxy) is 1. The summed E-state index contributed by atoms with van der Waals surface area (Å²) in [4.78, 5) is 13.7. The second-order valence-electron chi connectivity index (χ2n) is 3.95. The summed E-state index contributed by atoms with van der Waals surface area (Å²) in [7, 11) is 0. The van der Waals surface area contributed by atoms with E-state index in [1.165, 1.54) is 0 Å². The van der Waals surface area contributed by atoms with Gasteiger partial charge in [-0.1, -0.05) is 18.7 Å². The summed E-state index contributed by atoms with van der Waals surface area (Å²) in [6.07, 6.45) is 0.397. The van der Waals surface area contributed by atoms with Crippen molar-refractivity contribution in [2.45, 2.75) is 6.42 Å². The molecule has 0 saturated heterocycles. The lowest BCUT2D eigenvalue weighted by Crippen LogP contribution is -2.32. The Hall–Kier alpha value is -1.42. The van der Waals surface area contributed by atoms with Crippen molar-refractivity contribution in [2.75, 3.05) is 23.8 Å². The van der Waals surface area contributed by atoms with Gasteiger partial charge in [0.15, 0.2) is 0 Å². The van der Waals surface area contributed by atoms with Gasteiger partial charge >= 0.3 is 0 Å². The highest BCUT2D eigenvalue weighted by molar-refractivity contribution is 7.80. The van der Waals surface area contributed by atoms with Gasteiger partial charge in [-0.3, -0.25) is 4.79 Å². The van der Waals surface area contributed by atoms with Crippen LogP contribution in [-0.4, -0.2) is 24.8 Å². The molecule has 2 rings (SSSR count). The number of anilines is 1. The van der Waals surface area contributed by atoms with Crippen LogP contribution in [0, 0.1) is 0 Å². The predicted molar refractivity (Wildman–Crippen MR) is 71.9 cm³/mol. The summed E-state index contributed by atoms with van der Waals surface area (Å²) < 4.78 is 5.55. The molecule has 0 N–H and O–H groups in total. The van der Waals surface area contributed by atoms with E-state index in [1.54, 1.807) is 4.90 Å². The number of amides is 1. The van der Waals surface area contributed by atoms with Crippen molar-refractivity contribution in [2.24, 2.45) is 0 Å². The molecule has 0 fully saturated rings. The molecule has 1 aromatic rings. The van der Waals surface area contributed by atoms with Crippen LogP contribution in [0.1, 0.15) is 6.42 Å². The minimum atomic E-state index is 0.0675. The number of carbonyl (C=O) groups excluding carboxylic acids is 1. The van der Waals surface area contributed by atoms with Gasteiger partial charge in [-0.2, -0.15) is 12.6 Å². The minimum Gasteiger partial charge on any atom is -0.491 e. The van der Waals surface area contributed by atoms with Crippen LogP contribution < -0.4 is 9.64 Å². The third-order valence-corrected chi connectivity index (χ3v) is 3.08. The van der Waals surface area contributed by atoms with E-state index in [2.05, 4.69) is 19.2 Å². The Labute approximate surface area is 106 Å². The Kier molecular flexibility index (Phi) is 3.74. The first-order valence-corrected chi connectivity index (χ1v) is 6.15. The Morgan fingerprint density at radius 3 is 3.00 bits per heavy atom. The number of thiol groups is 1. The van der Waals surface area contributed by atoms with Crippen molar-refractivity contribution in [3.8, 4) is 5.75 Å². The SMILES string of the molecule is C=C(CS)CN1C(=O)CCOc2ccccc21. The zero-order valence-corrected chi connectivity index (χ0v) is 10.5. The smallest absolute Gasteiger partial charge is 0.230 e. The third-order valence-electron chi connectivity index (χ3n) is 2.64. The molecule has 1 aliphatic rings. The number of nitrogens with zero attached hydrogens (tertiary/aromatic N) is 1. The summed E-state index contributed by atoms with van der Waals surface area (Å²) >= 11 is 4.17. The first kappa shape index (κ1) is 12.0. The van der Waals surface area contributed by atoms with Crippen LogP contribution in [0.5, 0.6) is 5.75 Å². The third kappa shape index (κ3) is 2.64. The maximum Gasteiger partial charge on any atom is 0.230 e. The van der Waals surface area contributed by atoms with Crippen LogP contribution in [0.2, 0.25) is 0 Å². The first-order chi connectivity index (χ1) is 8.22. The van der Waals surface area contributed by atoms with Crippen molar-refractivity contribution >= 4 is 24.2 Å². The van der Waals surface area contributed by atoms with Gasteiger partial charge in [0.1, 0.15) is 5.75 Å². The second-order valence-corrected chi connectivity index (χ2v) is 4.27. The molecular weight excluding hydrogens is 234 g/mol. The number of carbonyl (C=O) groups is 1. The van der Waals surface area contributed by atoms with Crippen molar-refractivity contribution in [1.29, 1.82) is 0 Å². The van der Waals surface area contributed by atoms with Gasteiger partial charge in [0, 0.05) is 12.3 Å². The van der Waals surface area contributed by atoms with Gasteiger partial charge in [0.2, 0.25) is 5.91 Å². The molecule has 0 radical (unpaired) electrons. The van der Waals surface area contributed by atoms with Crippen molar-refractivity contribution in [3.63, 3.8) is 0 Å². The van der Waals surface area contributed by atoms with E-state index < -0.39 is 0 Å². The molecule has 0 aliphatic carbocycles. The second kappa shape index (κ2) is 5.27. The highest BCUT2D eigenvalue weighted by atomic mass is 32.1. The van der Waals surface area contributed by atoms with E-state index in [0.29, 0.717) is 25.3 Å². The van der Waals surface area contributed by atoms with Gasteiger partial charge in [-0.05, 0) is 17.7 Å². The average Bonchev–Trinajstić information content (AvgIpc) is 2.50. The molecule has 0 unspecified atom stereocenters. The van der Waals surface area contributed by atoms with Crippen molar-refractivity contribution < 1.29 is 9.53 Å². The van der Waals surface area contributed by atoms with Gasteiger partial charge in [-0.15, -0.1) is 0 Å². The molecule has 1 amide bonds. The van der Waals surface area contributed by atoms with Crippen LogP contribution in [0.3, 0.4) is 0 Å². The molecule has 1 aromatic carbocycles. The molecular formula is C13H15NO2S. The lowest BCUT2D eigenvalue weighted by atomic mass is 10.2. The molecule has 1 aliphatic heterocycles. The number of hydrogen-bond acceptors (Lipinski definition) is 3. The quantitative estimate of drug-likeness (QED) is 0.658. The number of para-hydroxylation sites is 2. The molecule has 1 heterocycles. The van der Waals surface area contributed by atoms with E-state index in [1.807, 2.05) is 24.3 Å². The van der Waals surface area contributed by atoms with Gasteiger partial charge in [0.25, 0.3) is 0 Å². The summed E-state index contributed by atoms with van der Waals surface area (Å²) in [6, 6.07) is 7.58. The highest BCUT2D eigenvalue weighted by Crippen LogP contribution is 2.31. The summed E-state index contributed by atoms with van der Waals surface area (Å²) in [5, 5.41) is 0. The van der Waals surface area contributed by atoms with Crippen molar-refractivity contribution in [1.82, 2.24) is 0 Å². The van der Waals surface area contributed by atoms with Gasteiger partial charge in [-0.25, -0.2) is 0 Å². The molecule has 0 bridgehead atoms. The maximum absolute atomic E-state index is 12.0. The topological polar surface area (TPSA) is 29.5 Å². The number of benzene rings is 1. The number of rotatable bonds is 3. The van der Waals surface area contributed by atoms with E-state index >= 15 is 0 Å². The molecule has 3 nitrogen and oxygen atoms in total. The van der Waals surface area contributed by atoms with E-state index in [4.69, 9.17) is 4.74 Å². The van der Waals surface area contributed by atoms with E-state index in [9.17, 15) is 4.79 Å². The van der Waals surface area contributed by atoms with Gasteiger partial charge in [0.05, 0.1) is 18.7 Å². The Bertz CT molecular complexity index is 445. The maximum atomic E-state index is 12.0. The Morgan fingerprint density at radius 1 is 1.47 bits per heavy atom. The molecule has 0 saturated carbocycles. The Morgan fingerprint density at radius 2 is 2.24 bits per heavy atom. The van der Waals surface area contributed by atoms with Crippen LogP contribution in [-0.2, 0) is 4.79 Å². The van der Waals surface area contributed by atoms with Crippen LogP contribution in [0.25, 0.3) is 0 Å². The molecule has 17 heavy (non-hydrogen) atoms. The standard InChI is InChI=1S/C13H15NO2S/c1-10(9-17)8-14-11-4-2-3-5-12(11)16-7-6-13(14)15/h2-5,17H,1,6-9H2. The average molecular weight is 249 g/mol. The monoisotopic (exact) mass is 249 g/mol. The number of fused-ring (bicyclic) bond motifs is 1. The molecule has 0 spiro atoms. The molecule has 4 heteroatoms. The summed E-state index contributed by atoms with van der Waals surface area (Å²) in [5.41, 5.74) is 1.73. The lowest BCUT2D eigenvalue weighted by Gasteiger charge is -2.22. The van der Waals surface area contributed by atoms with E-state index in [0.717, 1.165) is 17.0 Å². The predicted octanol–water partition coefficient (Wildman–Crippen LogP) is 2.29. The summed E-state index contributed by atoms with van der Waals surface area (Å²) in [6.45, 7) is 4.83. The van der Waals surface area contributed by atoms with Crippen LogP contribution >= 0.6 is 12.6 Å². The fourth-order valence-corrected chi connectivity index (χ4v) is 1.87. The zero-order chi connectivity index (χ0) is 12.3. The molecule has 0 atom stereocenters. The minimum absolute atomic E-state index is 0.0675. The fraction of sp³-hybridized carbons (Fsp3) is 0.308. The molecule has 90 valence electrons. The fourth-order valence-electron chi connectivity index (χ4n) is 1.77. The highest BCUT2D eigenvalue weighted by Gasteiger charge is 2.22. The first-order valence-electron chi connectivity index (χ1n) is 5.52. The normalized spacial score (nSPS) is 14.9. The largest absolute Gasteiger partial charge is 0.491 e. The van der Waals surface area contributed by atoms with Crippen LogP contribution in [0.15, 0.2) is 36.4 Å². The number of hydrogen-bond donors (Lipinski definition) is 1. The summed E-state index contributed by atoms with van der Waals surface area (Å²) in [5.74, 6) is 1.40. The zero-order valence-electron chi connectivity index (χ0n) is 9.56. The Balaban J connectivity index is 2.33. The van der Waals surface area contributed by atoms with Crippen LogP contribution in [0.4, 0.5) is 5.69 Å². The van der Waals surface area contributed by atoms with Crippen molar-refractivity contribution in [3.05, 3.63) is 36.4 Å².